The van der Waals surface area contributed by atoms with Crippen LogP contribution < -0.4 is 33.8 Å². The highest BCUT2D eigenvalue weighted by Gasteiger charge is 2.32. The van der Waals surface area contributed by atoms with Crippen molar-refractivity contribution < 1.29 is 28.9 Å². The zero-order valence-electron chi connectivity index (χ0n) is 12.5. The van der Waals surface area contributed by atoms with Gasteiger partial charge >= 0.3 is 0 Å². The minimum atomic E-state index is 0. The molecule has 116 valence electrons. The molecule has 0 radical (unpaired) electrons. The standard InChI is InChI=1S/C17H18N2S2.HI/c1-13-19(15-7-3-5-9-17(15)21-13)11-10-18-12-20-16-8-4-2-6-14(16)18;/h2-9,13H,10-12H2,1H3;1H/t13-;/m1./s1. The van der Waals surface area contributed by atoms with E-state index in [0.29, 0.717) is 5.37 Å². The lowest BCUT2D eigenvalue weighted by molar-refractivity contribution is -0.838. The van der Waals surface area contributed by atoms with Crippen LogP contribution in [-0.2, 0) is 0 Å². The first-order valence-electron chi connectivity index (χ1n) is 7.41. The van der Waals surface area contributed by atoms with Crippen molar-refractivity contribution in [3.63, 3.8) is 0 Å². The van der Waals surface area contributed by atoms with Crippen LogP contribution in [0.5, 0.6) is 0 Å². The molecule has 0 aliphatic carbocycles. The first-order chi connectivity index (χ1) is 10.3. The van der Waals surface area contributed by atoms with E-state index in [9.17, 15) is 0 Å². The third kappa shape index (κ3) is 3.00. The van der Waals surface area contributed by atoms with E-state index in [1.54, 1.807) is 4.90 Å². The van der Waals surface area contributed by atoms with Crippen LogP contribution in [0.1, 0.15) is 6.92 Å². The number of nitrogens with zero attached hydrogens (tertiary/aromatic N) is 1. The summed E-state index contributed by atoms with van der Waals surface area (Å²) >= 11 is 3.96. The third-order valence-electron chi connectivity index (χ3n) is 4.26. The van der Waals surface area contributed by atoms with E-state index in [1.165, 1.54) is 27.7 Å². The average Bonchev–Trinajstić information content (AvgIpc) is 3.06. The predicted molar refractivity (Wildman–Crippen MR) is 91.8 cm³/mol. The number of hydrogen-bond acceptors (Lipinski definition) is 3. The van der Waals surface area contributed by atoms with Gasteiger partial charge in [-0.1, -0.05) is 36.0 Å². The second kappa shape index (κ2) is 7.03. The van der Waals surface area contributed by atoms with Gasteiger partial charge in [0.2, 0.25) is 0 Å². The van der Waals surface area contributed by atoms with Crippen molar-refractivity contribution in [1.29, 1.82) is 0 Å². The fraction of sp³-hybridized carbons (Fsp3) is 0.294. The van der Waals surface area contributed by atoms with Crippen LogP contribution in [0.4, 0.5) is 11.4 Å². The zero-order chi connectivity index (χ0) is 14.2. The van der Waals surface area contributed by atoms with Crippen LogP contribution in [0.3, 0.4) is 0 Å². The molecular weight excluding hydrogens is 423 g/mol. The molecule has 1 unspecified atom stereocenters. The topological polar surface area (TPSA) is 7.68 Å². The second-order valence-electron chi connectivity index (χ2n) is 5.54. The second-order valence-corrected chi connectivity index (χ2v) is 7.91. The number of quaternary nitrogens is 1. The normalized spacial score (nSPS) is 22.1. The van der Waals surface area contributed by atoms with E-state index in [4.69, 9.17) is 0 Å². The maximum atomic E-state index is 2.52. The molecule has 0 saturated carbocycles. The van der Waals surface area contributed by atoms with E-state index in [2.05, 4.69) is 60.4 Å². The molecule has 2 atom stereocenters. The molecule has 4 rings (SSSR count). The number of anilines is 1. The molecule has 2 aromatic carbocycles. The van der Waals surface area contributed by atoms with Crippen LogP contribution in [0, 0.1) is 0 Å². The van der Waals surface area contributed by atoms with Gasteiger partial charge in [-0.05, 0) is 25.1 Å². The van der Waals surface area contributed by atoms with Crippen molar-refractivity contribution in [2.45, 2.75) is 22.1 Å². The SMILES string of the molecule is C[C@H]1Sc2ccccc2[NH+]1CCN1CSc2ccccc21.[I-]. The Balaban J connectivity index is 0.00000144. The highest BCUT2D eigenvalue weighted by molar-refractivity contribution is 8.00. The fourth-order valence-electron chi connectivity index (χ4n) is 3.15. The van der Waals surface area contributed by atoms with Crippen LogP contribution in [-0.4, -0.2) is 24.3 Å². The Morgan fingerprint density at radius 2 is 1.82 bits per heavy atom. The Bertz CT molecular complexity index is 665. The minimum absolute atomic E-state index is 0. The van der Waals surface area contributed by atoms with Gasteiger partial charge in [0.15, 0.2) is 0 Å². The maximum absolute atomic E-state index is 2.52. The third-order valence-corrected chi connectivity index (χ3v) is 6.61. The molecule has 5 heteroatoms. The Labute approximate surface area is 157 Å². The van der Waals surface area contributed by atoms with Gasteiger partial charge in [0.25, 0.3) is 0 Å². The van der Waals surface area contributed by atoms with Crippen LogP contribution in [0.15, 0.2) is 58.3 Å². The minimum Gasteiger partial charge on any atom is -1.00 e. The average molecular weight is 442 g/mol. The number of para-hydroxylation sites is 2. The number of nitrogens with one attached hydrogen (secondary N) is 1. The van der Waals surface area contributed by atoms with Gasteiger partial charge in [0.05, 0.1) is 23.0 Å². The highest BCUT2D eigenvalue weighted by Crippen LogP contribution is 2.37. The van der Waals surface area contributed by atoms with Crippen LogP contribution in [0.25, 0.3) is 0 Å². The van der Waals surface area contributed by atoms with Crippen molar-refractivity contribution in [2.75, 3.05) is 23.9 Å². The van der Waals surface area contributed by atoms with Gasteiger partial charge in [-0.25, -0.2) is 0 Å². The predicted octanol–water partition coefficient (Wildman–Crippen LogP) is 0.229. The number of benzene rings is 2. The largest absolute Gasteiger partial charge is 1.00 e. The number of thioether (sulfide) groups is 2. The van der Waals surface area contributed by atoms with Crippen molar-refractivity contribution in [2.24, 2.45) is 0 Å². The summed E-state index contributed by atoms with van der Waals surface area (Å²) in [5, 5.41) is 0.618. The molecule has 2 aromatic rings. The summed E-state index contributed by atoms with van der Waals surface area (Å²) < 4.78 is 0. The molecule has 0 fully saturated rings. The zero-order valence-corrected chi connectivity index (χ0v) is 16.2. The van der Waals surface area contributed by atoms with Gasteiger partial charge in [0.1, 0.15) is 17.6 Å². The summed E-state index contributed by atoms with van der Waals surface area (Å²) in [5.74, 6) is 1.09. The van der Waals surface area contributed by atoms with Gasteiger partial charge in [-0.2, -0.15) is 0 Å². The monoisotopic (exact) mass is 442 g/mol. The lowest BCUT2D eigenvalue weighted by Gasteiger charge is -2.23. The molecule has 0 amide bonds. The molecule has 2 nitrogen and oxygen atoms in total. The first-order valence-corrected chi connectivity index (χ1v) is 9.28. The Kier molecular flexibility index (Phi) is 5.27. The number of halogens is 1. The fourth-order valence-corrected chi connectivity index (χ4v) is 5.49. The molecule has 0 saturated heterocycles. The first kappa shape index (κ1) is 16.5. The highest BCUT2D eigenvalue weighted by atomic mass is 127. The van der Waals surface area contributed by atoms with E-state index < -0.39 is 0 Å². The van der Waals surface area contributed by atoms with Gasteiger partial charge in [0, 0.05) is 11.0 Å². The van der Waals surface area contributed by atoms with Gasteiger partial charge < -0.3 is 28.9 Å². The molecular formula is C17H19IN2S2. The molecule has 0 aromatic heterocycles. The summed E-state index contributed by atoms with van der Waals surface area (Å²) in [5.41, 5.74) is 2.89. The number of rotatable bonds is 3. The summed E-state index contributed by atoms with van der Waals surface area (Å²) in [6.07, 6.45) is 0. The molecule has 22 heavy (non-hydrogen) atoms. The van der Waals surface area contributed by atoms with E-state index in [0.717, 1.165) is 12.4 Å². The summed E-state index contributed by atoms with van der Waals surface area (Å²) in [6, 6.07) is 17.6. The summed E-state index contributed by atoms with van der Waals surface area (Å²) in [6.45, 7) is 4.63. The molecule has 1 N–H and O–H groups in total. The van der Waals surface area contributed by atoms with Crippen LogP contribution >= 0.6 is 23.5 Å². The van der Waals surface area contributed by atoms with E-state index >= 15 is 0 Å². The molecule has 0 bridgehead atoms. The van der Waals surface area contributed by atoms with Crippen molar-refractivity contribution >= 4 is 34.9 Å². The lowest BCUT2D eigenvalue weighted by atomic mass is 10.2. The lowest BCUT2D eigenvalue weighted by Crippen LogP contribution is -3.09. The summed E-state index contributed by atoms with van der Waals surface area (Å²) in [7, 11) is 0. The molecule has 2 aliphatic rings. The number of hydrogen-bond donors (Lipinski definition) is 1. The Morgan fingerprint density at radius 1 is 1.09 bits per heavy atom. The van der Waals surface area contributed by atoms with E-state index in [1.807, 2.05) is 23.5 Å². The molecule has 2 aliphatic heterocycles. The van der Waals surface area contributed by atoms with Gasteiger partial charge in [-0.15, -0.1) is 11.8 Å². The Hall–Kier alpha value is -0.370. The number of fused-ring (bicyclic) bond motifs is 2. The van der Waals surface area contributed by atoms with Crippen molar-refractivity contribution in [3.05, 3.63) is 48.5 Å². The van der Waals surface area contributed by atoms with Crippen molar-refractivity contribution in [1.82, 2.24) is 0 Å². The molecule has 2 heterocycles. The van der Waals surface area contributed by atoms with Crippen LogP contribution in [0.2, 0.25) is 0 Å². The molecule has 0 spiro atoms. The quantitative estimate of drug-likeness (QED) is 0.682. The summed E-state index contributed by atoms with van der Waals surface area (Å²) in [4.78, 5) is 7.02. The Morgan fingerprint density at radius 3 is 2.68 bits per heavy atom. The van der Waals surface area contributed by atoms with E-state index in [-0.39, 0.29) is 24.0 Å². The van der Waals surface area contributed by atoms with Crippen molar-refractivity contribution in [3.8, 4) is 0 Å². The van der Waals surface area contributed by atoms with Gasteiger partial charge in [-0.3, -0.25) is 4.90 Å². The maximum Gasteiger partial charge on any atom is 0.146 e. The smallest absolute Gasteiger partial charge is 0.146 e.